The zero-order chi connectivity index (χ0) is 22.1. The summed E-state index contributed by atoms with van der Waals surface area (Å²) in [4.78, 5) is 36.3. The van der Waals surface area contributed by atoms with Crippen LogP contribution in [-0.4, -0.2) is 37.5 Å². The van der Waals surface area contributed by atoms with Crippen molar-refractivity contribution in [2.75, 3.05) is 25.1 Å². The van der Waals surface area contributed by atoms with Crippen molar-refractivity contribution in [2.24, 2.45) is 5.92 Å². The molecule has 0 aliphatic rings. The molecular formula is C22H25ClN2O5. The molecule has 0 saturated carbocycles. The highest BCUT2D eigenvalue weighted by Crippen LogP contribution is 2.25. The summed E-state index contributed by atoms with van der Waals surface area (Å²) < 4.78 is 10.3. The summed E-state index contributed by atoms with van der Waals surface area (Å²) in [6, 6.07) is 11.8. The van der Waals surface area contributed by atoms with Crippen molar-refractivity contribution in [1.29, 1.82) is 0 Å². The standard InChI is InChI=1S/C22H25ClN2O5/c1-14(2)11-24-22(28)16-6-4-5-7-18(16)25-20(26)12-30-21(27)13-29-19-10-15(3)8-9-17(19)23/h4-10,14H,11-13H2,1-3H3,(H,24,28)(H,25,26). The number of amides is 2. The zero-order valence-electron chi connectivity index (χ0n) is 17.2. The van der Waals surface area contributed by atoms with Crippen LogP contribution in [0, 0.1) is 12.8 Å². The maximum absolute atomic E-state index is 12.3. The third-order valence-electron chi connectivity index (χ3n) is 3.91. The SMILES string of the molecule is Cc1ccc(Cl)c(OCC(=O)OCC(=O)Nc2ccccc2C(=O)NCC(C)C)c1. The Kier molecular flexibility index (Phi) is 8.68. The van der Waals surface area contributed by atoms with Crippen LogP contribution in [0.4, 0.5) is 5.69 Å². The largest absolute Gasteiger partial charge is 0.480 e. The van der Waals surface area contributed by atoms with Crippen LogP contribution in [0.5, 0.6) is 5.75 Å². The zero-order valence-corrected chi connectivity index (χ0v) is 17.9. The highest BCUT2D eigenvalue weighted by molar-refractivity contribution is 6.32. The minimum atomic E-state index is -0.717. The average molecular weight is 433 g/mol. The first-order valence-electron chi connectivity index (χ1n) is 9.48. The van der Waals surface area contributed by atoms with E-state index in [2.05, 4.69) is 10.6 Å². The molecule has 0 bridgehead atoms. The normalized spacial score (nSPS) is 10.4. The second kappa shape index (κ2) is 11.2. The van der Waals surface area contributed by atoms with E-state index >= 15 is 0 Å². The van der Waals surface area contributed by atoms with Crippen molar-refractivity contribution in [2.45, 2.75) is 20.8 Å². The van der Waals surface area contributed by atoms with Crippen LogP contribution < -0.4 is 15.4 Å². The Morgan fingerprint density at radius 3 is 2.53 bits per heavy atom. The van der Waals surface area contributed by atoms with Gasteiger partial charge in [0.1, 0.15) is 5.75 Å². The number of hydrogen-bond donors (Lipinski definition) is 2. The number of carbonyl (C=O) groups excluding carboxylic acids is 3. The van der Waals surface area contributed by atoms with E-state index < -0.39 is 18.5 Å². The van der Waals surface area contributed by atoms with Gasteiger partial charge in [-0.25, -0.2) is 4.79 Å². The van der Waals surface area contributed by atoms with Crippen LogP contribution in [0.1, 0.15) is 29.8 Å². The topological polar surface area (TPSA) is 93.7 Å². The van der Waals surface area contributed by atoms with E-state index in [4.69, 9.17) is 21.1 Å². The van der Waals surface area contributed by atoms with Crippen molar-refractivity contribution >= 4 is 35.1 Å². The summed E-state index contributed by atoms with van der Waals surface area (Å²) in [7, 11) is 0. The molecule has 2 amide bonds. The van der Waals surface area contributed by atoms with Gasteiger partial charge in [0.15, 0.2) is 13.2 Å². The number of rotatable bonds is 9. The summed E-state index contributed by atoms with van der Waals surface area (Å²) in [5, 5.41) is 5.76. The molecule has 0 spiro atoms. The number of anilines is 1. The molecule has 30 heavy (non-hydrogen) atoms. The minimum absolute atomic E-state index is 0.292. The van der Waals surface area contributed by atoms with Crippen LogP contribution in [0.3, 0.4) is 0 Å². The molecule has 160 valence electrons. The monoisotopic (exact) mass is 432 g/mol. The highest BCUT2D eigenvalue weighted by Gasteiger charge is 2.15. The van der Waals surface area contributed by atoms with Crippen LogP contribution >= 0.6 is 11.6 Å². The number of hydrogen-bond acceptors (Lipinski definition) is 5. The van der Waals surface area contributed by atoms with Crippen molar-refractivity contribution in [1.82, 2.24) is 5.32 Å². The predicted molar refractivity (Wildman–Crippen MR) is 115 cm³/mol. The van der Waals surface area contributed by atoms with Crippen LogP contribution in [0.2, 0.25) is 5.02 Å². The minimum Gasteiger partial charge on any atom is -0.480 e. The number of carbonyl (C=O) groups is 3. The molecule has 2 rings (SSSR count). The molecule has 7 nitrogen and oxygen atoms in total. The maximum atomic E-state index is 12.3. The Labute approximate surface area is 180 Å². The van der Waals surface area contributed by atoms with E-state index in [-0.39, 0.29) is 12.5 Å². The first-order valence-corrected chi connectivity index (χ1v) is 9.85. The summed E-state index contributed by atoms with van der Waals surface area (Å²) >= 11 is 6.00. The van der Waals surface area contributed by atoms with E-state index in [1.165, 1.54) is 0 Å². The molecule has 0 radical (unpaired) electrons. The lowest BCUT2D eigenvalue weighted by atomic mass is 10.1. The second-order valence-corrected chi connectivity index (χ2v) is 7.49. The molecule has 0 aromatic heterocycles. The number of nitrogens with one attached hydrogen (secondary N) is 2. The fourth-order valence-corrected chi connectivity index (χ4v) is 2.59. The lowest BCUT2D eigenvalue weighted by Gasteiger charge is -2.13. The van der Waals surface area contributed by atoms with Crippen molar-refractivity contribution < 1.29 is 23.9 Å². The number of para-hydroxylation sites is 1. The van der Waals surface area contributed by atoms with Crippen LogP contribution in [0.15, 0.2) is 42.5 Å². The summed E-state index contributed by atoms with van der Waals surface area (Å²) in [5.74, 6) is -0.918. The predicted octanol–water partition coefficient (Wildman–Crippen LogP) is 3.59. The summed E-state index contributed by atoms with van der Waals surface area (Å²) in [5.41, 5.74) is 1.59. The van der Waals surface area contributed by atoms with E-state index in [0.717, 1.165) is 5.56 Å². The van der Waals surface area contributed by atoms with Gasteiger partial charge in [-0.2, -0.15) is 0 Å². The molecule has 2 aromatic carbocycles. The number of ether oxygens (including phenoxy) is 2. The average Bonchev–Trinajstić information content (AvgIpc) is 2.71. The molecule has 0 saturated heterocycles. The quantitative estimate of drug-likeness (QED) is 0.590. The van der Waals surface area contributed by atoms with Gasteiger partial charge in [0.2, 0.25) is 0 Å². The lowest BCUT2D eigenvalue weighted by Crippen LogP contribution is -2.29. The smallest absolute Gasteiger partial charge is 0.344 e. The van der Waals surface area contributed by atoms with Crippen molar-refractivity contribution in [3.8, 4) is 5.75 Å². The molecular weight excluding hydrogens is 408 g/mol. The van der Waals surface area contributed by atoms with Crippen molar-refractivity contribution in [3.05, 3.63) is 58.6 Å². The number of esters is 1. The molecule has 2 aromatic rings. The Balaban J connectivity index is 1.85. The molecule has 0 aliphatic carbocycles. The Hall–Kier alpha value is -3.06. The third-order valence-corrected chi connectivity index (χ3v) is 4.23. The molecule has 0 heterocycles. The van der Waals surface area contributed by atoms with Gasteiger partial charge in [0, 0.05) is 6.54 Å². The van der Waals surface area contributed by atoms with E-state index in [0.29, 0.717) is 34.5 Å². The Morgan fingerprint density at radius 2 is 1.80 bits per heavy atom. The lowest BCUT2D eigenvalue weighted by molar-refractivity contribution is -0.149. The first kappa shape index (κ1) is 23.2. The first-order chi connectivity index (χ1) is 14.3. The summed E-state index contributed by atoms with van der Waals surface area (Å²) in [6.07, 6.45) is 0. The van der Waals surface area contributed by atoms with Gasteiger partial charge in [-0.15, -0.1) is 0 Å². The van der Waals surface area contributed by atoms with Gasteiger partial charge in [-0.05, 0) is 42.7 Å². The van der Waals surface area contributed by atoms with E-state index in [1.807, 2.05) is 26.8 Å². The highest BCUT2D eigenvalue weighted by atomic mass is 35.5. The molecule has 0 fully saturated rings. The molecule has 2 N–H and O–H groups in total. The van der Waals surface area contributed by atoms with Crippen LogP contribution in [0.25, 0.3) is 0 Å². The Morgan fingerprint density at radius 1 is 1.07 bits per heavy atom. The van der Waals surface area contributed by atoms with Gasteiger partial charge in [0.25, 0.3) is 11.8 Å². The number of benzene rings is 2. The molecule has 0 atom stereocenters. The number of halogens is 1. The molecule has 0 unspecified atom stereocenters. The van der Waals surface area contributed by atoms with Gasteiger partial charge in [0.05, 0.1) is 16.3 Å². The van der Waals surface area contributed by atoms with Gasteiger partial charge < -0.3 is 20.1 Å². The molecule has 8 heteroatoms. The fraction of sp³-hybridized carbons (Fsp3) is 0.318. The maximum Gasteiger partial charge on any atom is 0.344 e. The summed E-state index contributed by atoms with van der Waals surface area (Å²) in [6.45, 7) is 5.46. The van der Waals surface area contributed by atoms with Crippen molar-refractivity contribution in [3.63, 3.8) is 0 Å². The van der Waals surface area contributed by atoms with Gasteiger partial charge in [-0.1, -0.05) is 43.6 Å². The Bertz CT molecular complexity index is 914. The molecule has 0 aliphatic heterocycles. The van der Waals surface area contributed by atoms with E-state index in [9.17, 15) is 14.4 Å². The third kappa shape index (κ3) is 7.40. The fourth-order valence-electron chi connectivity index (χ4n) is 2.41. The number of aryl methyl sites for hydroxylation is 1. The second-order valence-electron chi connectivity index (χ2n) is 7.08. The van der Waals surface area contributed by atoms with Gasteiger partial charge >= 0.3 is 5.97 Å². The van der Waals surface area contributed by atoms with E-state index in [1.54, 1.807) is 36.4 Å². The van der Waals surface area contributed by atoms with Crippen LogP contribution in [-0.2, 0) is 14.3 Å². The van der Waals surface area contributed by atoms with Gasteiger partial charge in [-0.3, -0.25) is 9.59 Å².